The van der Waals surface area contributed by atoms with Crippen LogP contribution in [0, 0.1) is 34.5 Å². The van der Waals surface area contributed by atoms with Gasteiger partial charge in [-0.25, -0.2) is 4.98 Å². The van der Waals surface area contributed by atoms with E-state index in [4.69, 9.17) is 19.5 Å². The van der Waals surface area contributed by atoms with E-state index >= 15 is 0 Å². The minimum absolute atomic E-state index is 0.0143. The zero-order chi connectivity index (χ0) is 51.3. The molecular weight excluding hydrogens is 926 g/mol. The van der Waals surface area contributed by atoms with Crippen molar-refractivity contribution < 1.29 is 51.7 Å². The highest BCUT2D eigenvalue weighted by Gasteiger charge is 2.64. The molecular formula is C52H63F3N6O8S. The van der Waals surface area contributed by atoms with E-state index in [1.807, 2.05) is 86.6 Å². The highest BCUT2D eigenvalue weighted by molar-refractivity contribution is 7.13. The molecule has 1 aromatic heterocycles. The first kappa shape index (κ1) is 53.3. The zero-order valence-electron chi connectivity index (χ0n) is 41.0. The van der Waals surface area contributed by atoms with E-state index in [9.17, 15) is 37.5 Å². The molecule has 18 heteroatoms. The number of aryl methyl sites for hydroxylation is 1. The van der Waals surface area contributed by atoms with Crippen LogP contribution in [0.1, 0.15) is 113 Å². The predicted octanol–water partition coefficient (Wildman–Crippen LogP) is 8.17. The fraction of sp³-hybridized carbons (Fsp3) is 0.500. The molecule has 4 amide bonds. The maximum atomic E-state index is 14.1. The minimum Gasteiger partial charge on any atom is -0.494 e. The van der Waals surface area contributed by atoms with Gasteiger partial charge in [0.25, 0.3) is 5.91 Å². The Labute approximate surface area is 411 Å². The number of carbonyl (C=O) groups excluding carboxylic acids is 4. The number of aromatic nitrogens is 1. The number of aliphatic hydroxyl groups is 1. The van der Waals surface area contributed by atoms with E-state index in [1.165, 1.54) is 11.0 Å². The van der Waals surface area contributed by atoms with Crippen LogP contribution in [0.4, 0.5) is 13.2 Å². The van der Waals surface area contributed by atoms with Gasteiger partial charge in [0, 0.05) is 42.0 Å². The van der Waals surface area contributed by atoms with Crippen molar-refractivity contribution in [3.05, 3.63) is 100 Å². The topological polar surface area (TPSA) is 192 Å². The summed E-state index contributed by atoms with van der Waals surface area (Å²) in [5.41, 5.74) is 1.44. The van der Waals surface area contributed by atoms with Gasteiger partial charge in [0.05, 0.1) is 52.0 Å². The van der Waals surface area contributed by atoms with Gasteiger partial charge in [-0.05, 0) is 85.7 Å². The number of benzene rings is 3. The Morgan fingerprint density at radius 3 is 2.19 bits per heavy atom. The summed E-state index contributed by atoms with van der Waals surface area (Å²) in [7, 11) is 0. The summed E-state index contributed by atoms with van der Waals surface area (Å²) < 4.78 is 58.4. The van der Waals surface area contributed by atoms with Crippen LogP contribution in [0.2, 0.25) is 0 Å². The maximum absolute atomic E-state index is 14.1. The fourth-order valence-electron chi connectivity index (χ4n) is 9.66. The number of amides is 4. The average Bonchev–Trinajstić information content (AvgIpc) is 3.92. The lowest BCUT2D eigenvalue weighted by atomic mass is 9.49. The van der Waals surface area contributed by atoms with Crippen LogP contribution >= 0.6 is 11.3 Å². The standard InChI is InChI=1S/C52H63F3N6O8S/c1-30(32-12-14-33(15-13-32)42-31(2)57-29-70-42)58-45(65)40-24-36(62)27-61(40)46(66)43(49(3,4)5)59-41(63)28-67-22-10-11-23-68-37-19-16-34(17-20-37)44(64)60-47-50(6,7)48(51(47,8)9)69-38-21-18-35(26-56)39(25-38)52(53,54)55/h12-21,25,29-30,36,40,43,47-48,62H,10-11,22-24,27-28H2,1-9H3,(H,58,65)(H,59,63)(H,60,64)/t30?,36-,40+,43-,47?,48?/m1/s1. The number of carbonyl (C=O) groups is 4. The summed E-state index contributed by atoms with van der Waals surface area (Å²) in [5.74, 6) is -1.16. The molecule has 1 aliphatic carbocycles. The predicted molar refractivity (Wildman–Crippen MR) is 258 cm³/mol. The van der Waals surface area contributed by atoms with E-state index in [-0.39, 0.29) is 49.9 Å². The summed E-state index contributed by atoms with van der Waals surface area (Å²) in [6.45, 7) is 17.0. The Bertz CT molecular complexity index is 2540. The molecule has 2 heterocycles. The number of hydrogen-bond donors (Lipinski definition) is 4. The number of nitriles is 1. The summed E-state index contributed by atoms with van der Waals surface area (Å²) in [5, 5.41) is 28.7. The Morgan fingerprint density at radius 1 is 0.943 bits per heavy atom. The molecule has 0 bridgehead atoms. The van der Waals surface area contributed by atoms with Gasteiger partial charge in [-0.2, -0.15) is 18.4 Å². The largest absolute Gasteiger partial charge is 0.494 e. The lowest BCUT2D eigenvalue weighted by molar-refractivity contribution is -0.164. The molecule has 2 fully saturated rings. The van der Waals surface area contributed by atoms with E-state index in [1.54, 1.807) is 47.2 Å². The first-order valence-corrected chi connectivity index (χ1v) is 24.2. The third-order valence-corrected chi connectivity index (χ3v) is 14.1. The van der Waals surface area contributed by atoms with Gasteiger partial charge >= 0.3 is 6.18 Å². The van der Waals surface area contributed by atoms with Crippen molar-refractivity contribution in [3.63, 3.8) is 0 Å². The van der Waals surface area contributed by atoms with Crippen molar-refractivity contribution in [2.45, 2.75) is 124 Å². The first-order valence-electron chi connectivity index (χ1n) is 23.3. The number of unbranched alkanes of at least 4 members (excludes halogenated alkanes) is 1. The van der Waals surface area contributed by atoms with Crippen molar-refractivity contribution >= 4 is 35.0 Å². The molecule has 70 heavy (non-hydrogen) atoms. The number of aliphatic hydroxyl groups excluding tert-OH is 1. The summed E-state index contributed by atoms with van der Waals surface area (Å²) >= 11 is 1.56. The number of rotatable bonds is 18. The highest BCUT2D eigenvalue weighted by Crippen LogP contribution is 2.56. The summed E-state index contributed by atoms with van der Waals surface area (Å²) in [4.78, 5) is 60.9. The molecule has 1 unspecified atom stereocenters. The van der Waals surface area contributed by atoms with E-state index in [0.717, 1.165) is 33.8 Å². The highest BCUT2D eigenvalue weighted by atomic mass is 32.1. The van der Waals surface area contributed by atoms with E-state index < -0.39 is 75.6 Å². The van der Waals surface area contributed by atoms with Crippen molar-refractivity contribution in [3.8, 4) is 28.0 Å². The van der Waals surface area contributed by atoms with Crippen LogP contribution in [-0.4, -0.2) is 95.3 Å². The molecule has 376 valence electrons. The number of ether oxygens (including phenoxy) is 3. The van der Waals surface area contributed by atoms with Gasteiger partial charge in [-0.3, -0.25) is 19.2 Å². The van der Waals surface area contributed by atoms with Crippen LogP contribution < -0.4 is 25.4 Å². The Morgan fingerprint density at radius 2 is 1.59 bits per heavy atom. The zero-order valence-corrected chi connectivity index (χ0v) is 41.8. The molecule has 2 aliphatic rings. The molecule has 1 saturated carbocycles. The van der Waals surface area contributed by atoms with Crippen molar-refractivity contribution in [1.29, 1.82) is 5.26 Å². The van der Waals surface area contributed by atoms with Gasteiger partial charge in [0.15, 0.2) is 0 Å². The SMILES string of the molecule is Cc1ncsc1-c1ccc(C(C)NC(=O)[C@@H]2C[C@@H](O)CN2C(=O)[C@@H](NC(=O)COCCCCOc2ccc(C(=O)NC3C(C)(C)C(Oc4ccc(C#N)c(C(F)(F)F)c4)C3(C)C)cc2)C(C)(C)C)cc1. The fourth-order valence-corrected chi connectivity index (χ4v) is 10.5. The molecule has 6 rings (SSSR count). The molecule has 14 nitrogen and oxygen atoms in total. The molecule has 4 atom stereocenters. The molecule has 0 spiro atoms. The number of halogens is 3. The van der Waals surface area contributed by atoms with Gasteiger partial charge in [0.2, 0.25) is 17.7 Å². The lowest BCUT2D eigenvalue weighted by Crippen LogP contribution is -2.74. The Hall–Kier alpha value is -6.03. The number of hydrogen-bond acceptors (Lipinski definition) is 11. The number of likely N-dealkylation sites (tertiary alicyclic amines) is 1. The second-order valence-corrected chi connectivity index (χ2v) is 21.2. The number of nitrogens with one attached hydrogen (secondary N) is 3. The quantitative estimate of drug-likeness (QED) is 0.0708. The number of thiazole rings is 1. The summed E-state index contributed by atoms with van der Waals surface area (Å²) in [6.07, 6.45) is -4.94. The second kappa shape index (κ2) is 21.5. The Balaban J connectivity index is 0.912. The van der Waals surface area contributed by atoms with Gasteiger partial charge in [0.1, 0.15) is 36.3 Å². The molecule has 1 aliphatic heterocycles. The van der Waals surface area contributed by atoms with Gasteiger partial charge < -0.3 is 40.2 Å². The van der Waals surface area contributed by atoms with Crippen LogP contribution in [0.15, 0.2) is 72.2 Å². The number of alkyl halides is 3. The smallest absolute Gasteiger partial charge is 0.417 e. The third kappa shape index (κ3) is 12.3. The van der Waals surface area contributed by atoms with E-state index in [2.05, 4.69) is 20.9 Å². The number of β-amino-alcohol motifs (C(OH)–C–C–N with tert-alkyl or cyclic N) is 1. The van der Waals surface area contributed by atoms with Crippen molar-refractivity contribution in [1.82, 2.24) is 25.8 Å². The molecule has 4 aromatic rings. The normalized spacial score (nSPS) is 20.3. The molecule has 3 aromatic carbocycles. The first-order chi connectivity index (χ1) is 32.8. The van der Waals surface area contributed by atoms with Crippen molar-refractivity contribution in [2.24, 2.45) is 16.2 Å². The summed E-state index contributed by atoms with van der Waals surface area (Å²) in [6, 6.07) is 16.7. The maximum Gasteiger partial charge on any atom is 0.417 e. The van der Waals surface area contributed by atoms with Gasteiger partial charge in [-0.1, -0.05) is 72.7 Å². The average molecular weight is 989 g/mol. The van der Waals surface area contributed by atoms with Crippen LogP contribution in [0.3, 0.4) is 0 Å². The molecule has 1 saturated heterocycles. The monoisotopic (exact) mass is 988 g/mol. The lowest BCUT2D eigenvalue weighted by Gasteiger charge is -2.63. The second-order valence-electron chi connectivity index (χ2n) is 20.4. The van der Waals surface area contributed by atoms with Crippen LogP contribution in [0.25, 0.3) is 10.4 Å². The van der Waals surface area contributed by atoms with Crippen molar-refractivity contribution in [2.75, 3.05) is 26.4 Å². The number of nitrogens with zero attached hydrogens (tertiary/aromatic N) is 3. The minimum atomic E-state index is -4.72. The van der Waals surface area contributed by atoms with Crippen LogP contribution in [0.5, 0.6) is 11.5 Å². The third-order valence-electron chi connectivity index (χ3n) is 13.1. The Kier molecular flexibility index (Phi) is 16.4. The van der Waals surface area contributed by atoms with E-state index in [0.29, 0.717) is 30.8 Å². The molecule has 0 radical (unpaired) electrons. The van der Waals surface area contributed by atoms with Gasteiger partial charge in [-0.15, -0.1) is 11.3 Å². The van der Waals surface area contributed by atoms with Crippen LogP contribution in [-0.2, 0) is 25.3 Å². The molecule has 4 N–H and O–H groups in total.